The molecule has 120 valence electrons. The van der Waals surface area contributed by atoms with E-state index in [1.165, 1.54) is 31.1 Å². The smallest absolute Gasteiger partial charge is 0.362 e. The Balaban J connectivity index is 2.06. The van der Waals surface area contributed by atoms with Crippen LogP contribution < -0.4 is 5.32 Å². The van der Waals surface area contributed by atoms with Crippen LogP contribution in [0.4, 0.5) is 18.9 Å². The van der Waals surface area contributed by atoms with Crippen molar-refractivity contribution in [2.75, 3.05) is 12.4 Å². The van der Waals surface area contributed by atoms with Crippen molar-refractivity contribution in [3.63, 3.8) is 0 Å². The maximum atomic E-state index is 12.8. The summed E-state index contributed by atoms with van der Waals surface area (Å²) in [6.07, 6.45) is -1.69. The average molecular weight is 317 g/mol. The number of nitrogens with zero attached hydrogens (tertiary/aromatic N) is 4. The number of hydrogen-bond acceptors (Lipinski definition) is 4. The van der Waals surface area contributed by atoms with Gasteiger partial charge in [0.25, 0.3) is 0 Å². The fourth-order valence-electron chi connectivity index (χ4n) is 1.86. The molecule has 7 nitrogen and oxygen atoms in total. The molecule has 0 saturated heterocycles. The zero-order valence-corrected chi connectivity index (χ0v) is 11.9. The summed E-state index contributed by atoms with van der Waals surface area (Å²) in [6.45, 7) is 1.09. The Morgan fingerprint density at radius 3 is 2.82 bits per heavy atom. The topological polar surface area (TPSA) is 74.0 Å². The van der Waals surface area contributed by atoms with E-state index in [2.05, 4.69) is 15.5 Å². The lowest BCUT2D eigenvalue weighted by Crippen LogP contribution is -2.23. The summed E-state index contributed by atoms with van der Waals surface area (Å²) in [7, 11) is 1.48. The molecule has 2 heterocycles. The minimum atomic E-state index is -4.56. The highest BCUT2D eigenvalue weighted by Gasteiger charge is 2.35. The highest BCUT2D eigenvalue weighted by Crippen LogP contribution is 2.29. The quantitative estimate of drug-likeness (QED) is 0.910. The Labute approximate surface area is 123 Å². The van der Waals surface area contributed by atoms with Gasteiger partial charge in [-0.2, -0.15) is 23.4 Å². The van der Waals surface area contributed by atoms with Gasteiger partial charge in [-0.3, -0.25) is 9.48 Å². The molecule has 2 aromatic heterocycles. The van der Waals surface area contributed by atoms with Gasteiger partial charge in [0, 0.05) is 7.11 Å². The summed E-state index contributed by atoms with van der Waals surface area (Å²) in [5, 5.41) is 10.0. The summed E-state index contributed by atoms with van der Waals surface area (Å²) >= 11 is 0. The molecule has 0 spiro atoms. The van der Waals surface area contributed by atoms with E-state index in [1.807, 2.05) is 0 Å². The highest BCUT2D eigenvalue weighted by molar-refractivity contribution is 5.90. The van der Waals surface area contributed by atoms with Crippen molar-refractivity contribution < 1.29 is 22.7 Å². The van der Waals surface area contributed by atoms with Crippen LogP contribution in [0.5, 0.6) is 0 Å². The third-order valence-corrected chi connectivity index (χ3v) is 2.66. The number of halogens is 3. The van der Waals surface area contributed by atoms with Gasteiger partial charge in [-0.05, 0) is 13.0 Å². The monoisotopic (exact) mass is 317 g/mol. The van der Waals surface area contributed by atoms with Gasteiger partial charge in [0.15, 0.2) is 0 Å². The molecular weight excluding hydrogens is 303 g/mol. The van der Waals surface area contributed by atoms with Gasteiger partial charge in [0.2, 0.25) is 5.91 Å². The third-order valence-electron chi connectivity index (χ3n) is 2.66. The summed E-state index contributed by atoms with van der Waals surface area (Å²) in [4.78, 5) is 11.8. The van der Waals surface area contributed by atoms with Crippen LogP contribution in [0.25, 0.3) is 0 Å². The predicted octanol–water partition coefficient (Wildman–Crippen LogP) is 1.65. The Morgan fingerprint density at radius 1 is 1.45 bits per heavy atom. The minimum Gasteiger partial charge on any atom is -0.362 e. The van der Waals surface area contributed by atoms with Crippen molar-refractivity contribution in [3.8, 4) is 0 Å². The van der Waals surface area contributed by atoms with Crippen molar-refractivity contribution in [1.82, 2.24) is 19.6 Å². The SMILES string of the molecule is COCn1cc(NC(=O)Cn2nc(C)cc2C(F)(F)F)cn1. The molecule has 2 aromatic rings. The van der Waals surface area contributed by atoms with Crippen molar-refractivity contribution in [3.05, 3.63) is 29.8 Å². The van der Waals surface area contributed by atoms with Gasteiger partial charge in [-0.15, -0.1) is 0 Å². The molecule has 1 N–H and O–H groups in total. The van der Waals surface area contributed by atoms with Crippen molar-refractivity contribution in [2.45, 2.75) is 26.4 Å². The lowest BCUT2D eigenvalue weighted by Gasteiger charge is -2.09. The first kappa shape index (κ1) is 16.0. The number of nitrogens with one attached hydrogen (secondary N) is 1. The largest absolute Gasteiger partial charge is 0.433 e. The molecular formula is C12H14F3N5O2. The number of aryl methyl sites for hydroxylation is 1. The Bertz CT molecular complexity index is 662. The van der Waals surface area contributed by atoms with Crippen LogP contribution in [0.1, 0.15) is 11.4 Å². The normalized spacial score (nSPS) is 11.7. The summed E-state index contributed by atoms with van der Waals surface area (Å²) in [5.41, 5.74) is -0.414. The second-order valence-corrected chi connectivity index (χ2v) is 4.56. The standard InChI is InChI=1S/C12H14F3N5O2/c1-8-3-10(12(13,14)15)20(18-8)6-11(21)17-9-4-16-19(5-9)7-22-2/h3-5H,6-7H2,1-2H3,(H,17,21). The number of anilines is 1. The number of amides is 1. The average Bonchev–Trinajstić information content (AvgIpc) is 2.96. The number of ether oxygens (including phenoxy) is 1. The van der Waals surface area contributed by atoms with Gasteiger partial charge in [0.1, 0.15) is 19.0 Å². The fourth-order valence-corrected chi connectivity index (χ4v) is 1.86. The molecule has 0 saturated carbocycles. The number of aromatic nitrogens is 4. The molecule has 22 heavy (non-hydrogen) atoms. The highest BCUT2D eigenvalue weighted by atomic mass is 19.4. The van der Waals surface area contributed by atoms with Crippen molar-refractivity contribution in [2.24, 2.45) is 0 Å². The maximum absolute atomic E-state index is 12.8. The summed E-state index contributed by atoms with van der Waals surface area (Å²) in [5.74, 6) is -0.634. The lowest BCUT2D eigenvalue weighted by molar-refractivity contribution is -0.144. The number of carbonyl (C=O) groups excluding carboxylic acids is 1. The van der Waals surface area contributed by atoms with Crippen LogP contribution in [0.3, 0.4) is 0 Å². The molecule has 0 aliphatic rings. The van der Waals surface area contributed by atoms with Crippen molar-refractivity contribution in [1.29, 1.82) is 0 Å². The maximum Gasteiger partial charge on any atom is 0.433 e. The Kier molecular flexibility index (Phi) is 4.50. The summed E-state index contributed by atoms with van der Waals surface area (Å²) in [6, 6.07) is 0.893. The Hall–Kier alpha value is -2.36. The molecule has 0 aromatic carbocycles. The second-order valence-electron chi connectivity index (χ2n) is 4.56. The van der Waals surface area contributed by atoms with Crippen LogP contribution in [0, 0.1) is 6.92 Å². The lowest BCUT2D eigenvalue weighted by atomic mass is 10.3. The van der Waals surface area contributed by atoms with Crippen LogP contribution >= 0.6 is 0 Å². The minimum absolute atomic E-state index is 0.188. The zero-order valence-electron chi connectivity index (χ0n) is 11.9. The fraction of sp³-hybridized carbons (Fsp3) is 0.417. The predicted molar refractivity (Wildman–Crippen MR) is 69.8 cm³/mol. The van der Waals surface area contributed by atoms with Gasteiger partial charge in [-0.1, -0.05) is 0 Å². The van der Waals surface area contributed by atoms with Crippen molar-refractivity contribution >= 4 is 11.6 Å². The first-order chi connectivity index (χ1) is 10.3. The molecule has 0 radical (unpaired) electrons. The molecule has 0 atom stereocenters. The molecule has 0 unspecified atom stereocenters. The molecule has 1 amide bonds. The van der Waals surface area contributed by atoms with E-state index in [0.29, 0.717) is 10.4 Å². The first-order valence-electron chi connectivity index (χ1n) is 6.22. The number of methoxy groups -OCH3 is 1. The molecule has 2 rings (SSSR count). The van der Waals surface area contributed by atoms with E-state index in [1.54, 1.807) is 0 Å². The molecule has 0 fully saturated rings. The number of alkyl halides is 3. The number of carbonyl (C=O) groups is 1. The van der Waals surface area contributed by atoms with Crippen LogP contribution in [0.15, 0.2) is 18.5 Å². The first-order valence-corrected chi connectivity index (χ1v) is 6.22. The van der Waals surface area contributed by atoms with Gasteiger partial charge < -0.3 is 10.1 Å². The molecule has 0 aliphatic carbocycles. The number of rotatable bonds is 5. The van der Waals surface area contributed by atoms with E-state index >= 15 is 0 Å². The van der Waals surface area contributed by atoms with E-state index in [-0.39, 0.29) is 12.4 Å². The van der Waals surface area contributed by atoms with Gasteiger partial charge in [0.05, 0.1) is 23.8 Å². The Morgan fingerprint density at radius 2 is 2.18 bits per heavy atom. The van der Waals surface area contributed by atoms with Crippen LogP contribution in [0.2, 0.25) is 0 Å². The summed E-state index contributed by atoms with van der Waals surface area (Å²) < 4.78 is 45.3. The third kappa shape index (κ3) is 3.85. The van der Waals surface area contributed by atoms with Crippen LogP contribution in [-0.4, -0.2) is 32.6 Å². The number of hydrogen-bond donors (Lipinski definition) is 1. The van der Waals surface area contributed by atoms with E-state index in [9.17, 15) is 18.0 Å². The van der Waals surface area contributed by atoms with E-state index < -0.39 is 24.3 Å². The molecule has 0 bridgehead atoms. The van der Waals surface area contributed by atoms with E-state index in [4.69, 9.17) is 4.74 Å². The van der Waals surface area contributed by atoms with Crippen LogP contribution in [-0.2, 0) is 29.0 Å². The van der Waals surface area contributed by atoms with Gasteiger partial charge in [-0.25, -0.2) is 4.68 Å². The molecule has 10 heteroatoms. The van der Waals surface area contributed by atoms with Gasteiger partial charge >= 0.3 is 6.18 Å². The molecule has 0 aliphatic heterocycles. The second kappa shape index (κ2) is 6.18. The van der Waals surface area contributed by atoms with E-state index in [0.717, 1.165) is 6.07 Å². The zero-order chi connectivity index (χ0) is 16.3.